The maximum Gasteiger partial charge on any atom is 0.307 e. The van der Waals surface area contributed by atoms with Gasteiger partial charge in [0.25, 0.3) is 0 Å². The Balaban J connectivity index is 2.29. The highest BCUT2D eigenvalue weighted by molar-refractivity contribution is 5.82. The van der Waals surface area contributed by atoms with Crippen LogP contribution in [0.3, 0.4) is 0 Å². The largest absolute Gasteiger partial charge is 0.481 e. The Morgan fingerprint density at radius 1 is 1.41 bits per heavy atom. The van der Waals surface area contributed by atoms with Gasteiger partial charge in [0.15, 0.2) is 0 Å². The summed E-state index contributed by atoms with van der Waals surface area (Å²) in [5.41, 5.74) is 1.06. The third-order valence-electron chi connectivity index (χ3n) is 4.11. The summed E-state index contributed by atoms with van der Waals surface area (Å²) in [6, 6.07) is 6.73. The molecule has 0 amide bonds. The minimum Gasteiger partial charge on any atom is -0.481 e. The topological polar surface area (TPSA) is 66.4 Å². The number of carbonyl (C=O) groups excluding carboxylic acids is 1. The third-order valence-corrected chi connectivity index (χ3v) is 4.11. The van der Waals surface area contributed by atoms with E-state index in [1.54, 1.807) is 24.3 Å². The van der Waals surface area contributed by atoms with Gasteiger partial charge in [-0.15, -0.1) is 0 Å². The SMILES string of the molecule is [2H]C([2H])(c1cccc(CC(=O)C(C)C)c1)C(C(=O)O)C1CCNC1. The summed E-state index contributed by atoms with van der Waals surface area (Å²) in [7, 11) is 0. The zero-order valence-electron chi connectivity index (χ0n) is 15.1. The fourth-order valence-electron chi connectivity index (χ4n) is 2.70. The van der Waals surface area contributed by atoms with E-state index in [-0.39, 0.29) is 24.0 Å². The van der Waals surface area contributed by atoms with E-state index in [2.05, 4.69) is 5.32 Å². The van der Waals surface area contributed by atoms with Crippen molar-refractivity contribution in [3.8, 4) is 0 Å². The molecule has 2 atom stereocenters. The molecular formula is C18H25NO3. The molecule has 0 spiro atoms. The number of benzene rings is 1. The van der Waals surface area contributed by atoms with Gasteiger partial charge in [-0.3, -0.25) is 9.59 Å². The molecule has 2 N–H and O–H groups in total. The number of rotatable bonds is 7. The van der Waals surface area contributed by atoms with Crippen molar-refractivity contribution in [2.24, 2.45) is 17.8 Å². The lowest BCUT2D eigenvalue weighted by Crippen LogP contribution is -2.27. The second kappa shape index (κ2) is 7.54. The molecule has 1 aromatic carbocycles. The van der Waals surface area contributed by atoms with E-state index in [4.69, 9.17) is 2.74 Å². The fraction of sp³-hybridized carbons (Fsp3) is 0.556. The molecule has 22 heavy (non-hydrogen) atoms. The fourth-order valence-corrected chi connectivity index (χ4v) is 2.70. The van der Waals surface area contributed by atoms with Crippen molar-refractivity contribution in [1.29, 1.82) is 0 Å². The molecule has 4 heteroatoms. The van der Waals surface area contributed by atoms with Crippen molar-refractivity contribution < 1.29 is 17.4 Å². The van der Waals surface area contributed by atoms with Crippen LogP contribution >= 0.6 is 0 Å². The van der Waals surface area contributed by atoms with Crippen molar-refractivity contribution in [3.63, 3.8) is 0 Å². The first-order valence-corrected chi connectivity index (χ1v) is 7.79. The molecule has 0 aliphatic carbocycles. The Labute approximate surface area is 134 Å². The van der Waals surface area contributed by atoms with Crippen LogP contribution in [0.5, 0.6) is 0 Å². The van der Waals surface area contributed by atoms with Crippen LogP contribution in [0.15, 0.2) is 24.3 Å². The normalized spacial score (nSPS) is 21.3. The van der Waals surface area contributed by atoms with E-state index in [1.807, 2.05) is 13.8 Å². The van der Waals surface area contributed by atoms with E-state index >= 15 is 0 Å². The number of Topliss-reactive ketones (excluding diaryl/α,β-unsaturated/α-hetero) is 1. The van der Waals surface area contributed by atoms with Crippen LogP contribution in [0.2, 0.25) is 0 Å². The summed E-state index contributed by atoms with van der Waals surface area (Å²) in [6.07, 6.45) is -1.09. The minimum absolute atomic E-state index is 0.0817. The maximum atomic E-state index is 11.9. The Bertz CT molecular complexity index is 610. The summed E-state index contributed by atoms with van der Waals surface area (Å²) in [5.74, 6) is -2.46. The molecule has 0 aromatic heterocycles. The molecule has 1 aliphatic heterocycles. The van der Waals surface area contributed by atoms with Crippen LogP contribution in [0.1, 0.15) is 34.1 Å². The molecule has 0 saturated carbocycles. The average Bonchev–Trinajstić information content (AvgIpc) is 3.00. The Morgan fingerprint density at radius 3 is 2.73 bits per heavy atom. The summed E-state index contributed by atoms with van der Waals surface area (Å²) in [4.78, 5) is 23.7. The summed E-state index contributed by atoms with van der Waals surface area (Å²) < 4.78 is 16.9. The number of hydrogen-bond donors (Lipinski definition) is 2. The molecule has 0 bridgehead atoms. The van der Waals surface area contributed by atoms with Crippen LogP contribution in [-0.4, -0.2) is 29.9 Å². The van der Waals surface area contributed by atoms with Crippen LogP contribution < -0.4 is 5.32 Å². The van der Waals surface area contributed by atoms with E-state index in [0.717, 1.165) is 5.56 Å². The standard InChI is InChI=1S/C18H25NO3/c1-12(2)17(20)10-14-5-3-4-13(8-14)9-16(18(21)22)15-6-7-19-11-15/h3-5,8,12,15-16,19H,6-7,9-11H2,1-2H3,(H,21,22)/i9D2. The molecule has 1 heterocycles. The van der Waals surface area contributed by atoms with Crippen molar-refractivity contribution in [1.82, 2.24) is 5.32 Å². The van der Waals surface area contributed by atoms with Crippen molar-refractivity contribution in [2.45, 2.75) is 33.1 Å². The van der Waals surface area contributed by atoms with Gasteiger partial charge in [-0.05, 0) is 42.9 Å². The van der Waals surface area contributed by atoms with Gasteiger partial charge in [0.1, 0.15) is 5.78 Å². The Morgan fingerprint density at radius 2 is 2.14 bits per heavy atom. The van der Waals surface area contributed by atoms with Crippen molar-refractivity contribution in [3.05, 3.63) is 35.4 Å². The molecule has 1 aliphatic rings. The van der Waals surface area contributed by atoms with E-state index in [0.29, 0.717) is 25.1 Å². The van der Waals surface area contributed by atoms with E-state index < -0.39 is 18.3 Å². The van der Waals surface area contributed by atoms with Gasteiger partial charge < -0.3 is 10.4 Å². The lowest BCUT2D eigenvalue weighted by atomic mass is 9.85. The van der Waals surface area contributed by atoms with Crippen LogP contribution in [-0.2, 0) is 22.4 Å². The van der Waals surface area contributed by atoms with Gasteiger partial charge in [-0.25, -0.2) is 0 Å². The average molecular weight is 305 g/mol. The lowest BCUT2D eigenvalue weighted by molar-refractivity contribution is -0.143. The van der Waals surface area contributed by atoms with Crippen molar-refractivity contribution in [2.75, 3.05) is 13.1 Å². The van der Waals surface area contributed by atoms with Gasteiger partial charge >= 0.3 is 5.97 Å². The third kappa shape index (κ3) is 4.41. The first-order valence-electron chi connectivity index (χ1n) is 8.79. The smallest absolute Gasteiger partial charge is 0.307 e. The number of ketones is 1. The predicted molar refractivity (Wildman–Crippen MR) is 85.8 cm³/mol. The number of carboxylic acid groups (broad SMARTS) is 1. The number of carbonyl (C=O) groups is 2. The van der Waals surface area contributed by atoms with Crippen LogP contribution in [0.25, 0.3) is 0 Å². The van der Waals surface area contributed by atoms with Gasteiger partial charge in [-0.2, -0.15) is 0 Å². The van der Waals surface area contributed by atoms with Crippen LogP contribution in [0, 0.1) is 17.8 Å². The van der Waals surface area contributed by atoms with Crippen molar-refractivity contribution >= 4 is 11.8 Å². The number of nitrogens with one attached hydrogen (secondary N) is 1. The number of aliphatic carboxylic acids is 1. The lowest BCUT2D eigenvalue weighted by Gasteiger charge is -2.19. The monoisotopic (exact) mass is 305 g/mol. The van der Waals surface area contributed by atoms with Gasteiger partial charge in [0.2, 0.25) is 0 Å². The minimum atomic E-state index is -1.99. The molecule has 0 radical (unpaired) electrons. The predicted octanol–water partition coefficient (Wildman–Crippen LogP) is 2.31. The quantitative estimate of drug-likeness (QED) is 0.811. The molecule has 1 fully saturated rings. The highest BCUT2D eigenvalue weighted by Gasteiger charge is 2.30. The molecule has 2 rings (SSSR count). The maximum absolute atomic E-state index is 11.9. The molecule has 1 aromatic rings. The van der Waals surface area contributed by atoms with E-state index in [1.165, 1.54) is 0 Å². The first-order chi connectivity index (χ1) is 11.2. The molecule has 4 nitrogen and oxygen atoms in total. The second-order valence-corrected chi connectivity index (χ2v) is 6.21. The second-order valence-electron chi connectivity index (χ2n) is 6.21. The highest BCUT2D eigenvalue weighted by Crippen LogP contribution is 2.24. The summed E-state index contributed by atoms with van der Waals surface area (Å²) in [5, 5.41) is 12.7. The molecule has 2 unspecified atom stereocenters. The molecular weight excluding hydrogens is 278 g/mol. The summed E-state index contributed by atoms with van der Waals surface area (Å²) >= 11 is 0. The Hall–Kier alpha value is -1.68. The molecule has 120 valence electrons. The van der Waals surface area contributed by atoms with Gasteiger partial charge in [0, 0.05) is 15.1 Å². The van der Waals surface area contributed by atoms with E-state index in [9.17, 15) is 14.7 Å². The number of carboxylic acids is 1. The Kier molecular flexibility index (Phi) is 4.78. The first kappa shape index (κ1) is 13.9. The highest BCUT2D eigenvalue weighted by atomic mass is 16.4. The summed E-state index contributed by atoms with van der Waals surface area (Å²) in [6.45, 7) is 4.90. The van der Waals surface area contributed by atoms with Crippen LogP contribution in [0.4, 0.5) is 0 Å². The number of hydrogen-bond acceptors (Lipinski definition) is 3. The van der Waals surface area contributed by atoms with Gasteiger partial charge in [-0.1, -0.05) is 38.1 Å². The van der Waals surface area contributed by atoms with Gasteiger partial charge in [0.05, 0.1) is 5.92 Å². The molecule has 1 saturated heterocycles. The zero-order chi connectivity index (χ0) is 17.9. The zero-order valence-corrected chi connectivity index (χ0v) is 13.1.